The third kappa shape index (κ3) is 0.753. The Bertz CT molecular complexity index is 195. The van der Waals surface area contributed by atoms with E-state index in [0.717, 1.165) is 18.9 Å². The molecular weight excluding hydrogens is 126 g/mol. The molecule has 0 amide bonds. The minimum absolute atomic E-state index is 0.460. The van der Waals surface area contributed by atoms with Gasteiger partial charge in [-0.15, -0.1) is 0 Å². The van der Waals surface area contributed by atoms with Crippen LogP contribution in [0.5, 0.6) is 0 Å². The lowest BCUT2D eigenvalue weighted by Gasteiger charge is -2.17. The minimum Gasteiger partial charge on any atom is -0.481 e. The summed E-state index contributed by atoms with van der Waals surface area (Å²) in [5.74, 6) is 1.61. The van der Waals surface area contributed by atoms with Gasteiger partial charge in [0.15, 0.2) is 5.90 Å². The maximum atomic E-state index is 5.29. The topological polar surface area (TPSA) is 21.6 Å². The van der Waals surface area contributed by atoms with Crippen LogP contribution in [0.25, 0.3) is 0 Å². The molecule has 0 spiro atoms. The maximum Gasteiger partial charge on any atom is 0.184 e. The van der Waals surface area contributed by atoms with Gasteiger partial charge < -0.3 is 4.74 Å². The Morgan fingerprint density at radius 3 is 3.00 bits per heavy atom. The summed E-state index contributed by atoms with van der Waals surface area (Å²) in [5.41, 5.74) is 0. The van der Waals surface area contributed by atoms with E-state index in [9.17, 15) is 0 Å². The monoisotopic (exact) mass is 137 g/mol. The van der Waals surface area contributed by atoms with Crippen LogP contribution < -0.4 is 0 Å². The van der Waals surface area contributed by atoms with Gasteiger partial charge in [0.25, 0.3) is 0 Å². The van der Waals surface area contributed by atoms with E-state index in [-0.39, 0.29) is 0 Å². The van der Waals surface area contributed by atoms with Crippen LogP contribution in [0, 0.1) is 5.92 Å². The average molecular weight is 137 g/mol. The fourth-order valence-corrected chi connectivity index (χ4v) is 1.38. The van der Waals surface area contributed by atoms with Crippen molar-refractivity contribution in [2.45, 2.75) is 19.4 Å². The van der Waals surface area contributed by atoms with E-state index in [1.807, 2.05) is 6.92 Å². The van der Waals surface area contributed by atoms with Crippen molar-refractivity contribution in [3.05, 3.63) is 12.2 Å². The standard InChI is InChI=1S/C8H11NO/c1-2-10-8-5-6-3-4-7(6)9-8/h3-4,6-7H,2,5H2,1H3. The second kappa shape index (κ2) is 2.11. The number of hydrogen-bond acceptors (Lipinski definition) is 2. The number of rotatable bonds is 1. The van der Waals surface area contributed by atoms with Crippen molar-refractivity contribution < 1.29 is 4.74 Å². The molecule has 2 aliphatic rings. The van der Waals surface area contributed by atoms with Crippen molar-refractivity contribution in [2.75, 3.05) is 6.61 Å². The first kappa shape index (κ1) is 5.96. The molecule has 1 aliphatic heterocycles. The molecule has 10 heavy (non-hydrogen) atoms. The van der Waals surface area contributed by atoms with Gasteiger partial charge in [0.2, 0.25) is 0 Å². The fourth-order valence-electron chi connectivity index (χ4n) is 1.38. The maximum absolute atomic E-state index is 5.29. The average Bonchev–Trinajstić information content (AvgIpc) is 2.14. The number of fused-ring (bicyclic) bond motifs is 1. The summed E-state index contributed by atoms with van der Waals surface area (Å²) in [6.07, 6.45) is 5.37. The quantitative estimate of drug-likeness (QED) is 0.500. The third-order valence-corrected chi connectivity index (χ3v) is 2.01. The van der Waals surface area contributed by atoms with Crippen molar-refractivity contribution in [3.63, 3.8) is 0 Å². The van der Waals surface area contributed by atoms with Crippen molar-refractivity contribution in [1.82, 2.24) is 0 Å². The lowest BCUT2D eigenvalue weighted by Crippen LogP contribution is -2.17. The van der Waals surface area contributed by atoms with Gasteiger partial charge in [-0.25, -0.2) is 4.99 Å². The smallest absolute Gasteiger partial charge is 0.184 e. The first-order chi connectivity index (χ1) is 4.90. The van der Waals surface area contributed by atoms with Gasteiger partial charge in [0.1, 0.15) is 0 Å². The van der Waals surface area contributed by atoms with Gasteiger partial charge in [-0.3, -0.25) is 0 Å². The Balaban J connectivity index is 1.97. The second-order valence-electron chi connectivity index (χ2n) is 2.70. The Labute approximate surface area is 60.6 Å². The molecule has 2 unspecified atom stereocenters. The molecule has 0 aromatic rings. The van der Waals surface area contributed by atoms with Crippen molar-refractivity contribution in [2.24, 2.45) is 10.9 Å². The summed E-state index contributed by atoms with van der Waals surface area (Å²) in [5, 5.41) is 0. The zero-order chi connectivity index (χ0) is 6.97. The Morgan fingerprint density at radius 2 is 2.60 bits per heavy atom. The molecule has 0 bridgehead atoms. The number of ether oxygens (including phenoxy) is 1. The van der Waals surface area contributed by atoms with Gasteiger partial charge in [-0.1, -0.05) is 12.2 Å². The molecule has 0 saturated heterocycles. The van der Waals surface area contributed by atoms with E-state index in [0.29, 0.717) is 12.0 Å². The van der Waals surface area contributed by atoms with E-state index in [1.54, 1.807) is 0 Å². The molecule has 54 valence electrons. The Hall–Kier alpha value is -0.790. The number of nitrogens with zero attached hydrogens (tertiary/aromatic N) is 1. The predicted molar refractivity (Wildman–Crippen MR) is 40.1 cm³/mol. The molecular formula is C8H11NO. The summed E-state index contributed by atoms with van der Waals surface area (Å²) in [6.45, 7) is 2.74. The molecule has 0 radical (unpaired) electrons. The van der Waals surface area contributed by atoms with E-state index < -0.39 is 0 Å². The van der Waals surface area contributed by atoms with Crippen LogP contribution in [0.15, 0.2) is 17.1 Å². The summed E-state index contributed by atoms with van der Waals surface area (Å²) in [6, 6.07) is 0.460. The highest BCUT2D eigenvalue weighted by Crippen LogP contribution is 2.31. The Morgan fingerprint density at radius 1 is 1.70 bits per heavy atom. The van der Waals surface area contributed by atoms with Crippen molar-refractivity contribution >= 4 is 5.90 Å². The summed E-state index contributed by atoms with van der Waals surface area (Å²) < 4.78 is 5.29. The van der Waals surface area contributed by atoms with Crippen LogP contribution in [0.4, 0.5) is 0 Å². The number of aliphatic imine (C=N–C) groups is 1. The number of hydrogen-bond donors (Lipinski definition) is 0. The van der Waals surface area contributed by atoms with Crippen LogP contribution in [0.1, 0.15) is 13.3 Å². The minimum atomic E-state index is 0.460. The lowest BCUT2D eigenvalue weighted by molar-refractivity contribution is 0.319. The molecule has 0 N–H and O–H groups in total. The lowest BCUT2D eigenvalue weighted by atomic mass is 9.90. The first-order valence-corrected chi connectivity index (χ1v) is 3.78. The highest BCUT2D eigenvalue weighted by molar-refractivity contribution is 5.80. The van der Waals surface area contributed by atoms with E-state index in [1.165, 1.54) is 0 Å². The third-order valence-electron chi connectivity index (χ3n) is 2.01. The van der Waals surface area contributed by atoms with Gasteiger partial charge >= 0.3 is 0 Å². The van der Waals surface area contributed by atoms with E-state index in [4.69, 9.17) is 4.74 Å². The zero-order valence-corrected chi connectivity index (χ0v) is 6.08. The molecule has 0 aromatic carbocycles. The summed E-state index contributed by atoms with van der Waals surface area (Å²) in [4.78, 5) is 4.35. The van der Waals surface area contributed by atoms with Gasteiger partial charge in [0.05, 0.1) is 12.6 Å². The highest BCUT2D eigenvalue weighted by atomic mass is 16.5. The highest BCUT2D eigenvalue weighted by Gasteiger charge is 2.31. The second-order valence-corrected chi connectivity index (χ2v) is 2.70. The van der Waals surface area contributed by atoms with Crippen LogP contribution in [-0.4, -0.2) is 18.5 Å². The predicted octanol–water partition coefficient (Wildman–Crippen LogP) is 1.38. The molecule has 2 heteroatoms. The first-order valence-electron chi connectivity index (χ1n) is 3.78. The molecule has 1 heterocycles. The fraction of sp³-hybridized carbons (Fsp3) is 0.625. The molecule has 1 aliphatic carbocycles. The van der Waals surface area contributed by atoms with Crippen LogP contribution in [0.2, 0.25) is 0 Å². The normalized spacial score (nSPS) is 34.7. The van der Waals surface area contributed by atoms with E-state index >= 15 is 0 Å². The largest absolute Gasteiger partial charge is 0.481 e. The molecule has 0 saturated carbocycles. The molecule has 0 aromatic heterocycles. The van der Waals surface area contributed by atoms with Crippen LogP contribution in [0.3, 0.4) is 0 Å². The Kier molecular flexibility index (Phi) is 1.26. The van der Waals surface area contributed by atoms with Gasteiger partial charge in [-0.05, 0) is 6.92 Å². The van der Waals surface area contributed by atoms with Gasteiger partial charge in [-0.2, -0.15) is 0 Å². The summed E-state index contributed by atoms with van der Waals surface area (Å²) in [7, 11) is 0. The van der Waals surface area contributed by atoms with E-state index in [2.05, 4.69) is 17.1 Å². The molecule has 0 fully saturated rings. The van der Waals surface area contributed by atoms with Crippen LogP contribution >= 0.6 is 0 Å². The van der Waals surface area contributed by atoms with Gasteiger partial charge in [0, 0.05) is 12.3 Å². The molecule has 2 nitrogen and oxygen atoms in total. The van der Waals surface area contributed by atoms with Crippen molar-refractivity contribution in [1.29, 1.82) is 0 Å². The molecule has 2 rings (SSSR count). The van der Waals surface area contributed by atoms with Crippen molar-refractivity contribution in [3.8, 4) is 0 Å². The zero-order valence-electron chi connectivity index (χ0n) is 6.08. The summed E-state index contributed by atoms with van der Waals surface area (Å²) >= 11 is 0. The SMILES string of the molecule is CCOC1=NC2C=CC2C1. The molecule has 2 atom stereocenters. The van der Waals surface area contributed by atoms with Crippen LogP contribution in [-0.2, 0) is 4.74 Å².